The van der Waals surface area contributed by atoms with Crippen molar-refractivity contribution in [3.63, 3.8) is 0 Å². The first kappa shape index (κ1) is 21.7. The van der Waals surface area contributed by atoms with Crippen LogP contribution in [0.1, 0.15) is 65.2 Å². The fourth-order valence-electron chi connectivity index (χ4n) is 2.46. The van der Waals surface area contributed by atoms with Gasteiger partial charge in [0.2, 0.25) is 0 Å². The van der Waals surface area contributed by atoms with Gasteiger partial charge in [0, 0.05) is 5.46 Å². The molecular formula is C18H29BF2O4. The highest BCUT2D eigenvalue weighted by molar-refractivity contribution is 6.58. The Morgan fingerprint density at radius 3 is 1.84 bits per heavy atom. The number of hydrogen-bond acceptors (Lipinski definition) is 4. The van der Waals surface area contributed by atoms with Gasteiger partial charge in [0.05, 0.1) is 13.2 Å². The second-order valence-corrected chi connectivity index (χ2v) is 6.11. The topological polar surface area (TPSA) is 58.9 Å². The first-order chi connectivity index (χ1) is 12.0. The van der Waals surface area contributed by atoms with Crippen molar-refractivity contribution in [1.82, 2.24) is 0 Å². The zero-order valence-corrected chi connectivity index (χ0v) is 15.2. The average Bonchev–Trinajstić information content (AvgIpc) is 2.58. The first-order valence-corrected chi connectivity index (χ1v) is 9.16. The van der Waals surface area contributed by atoms with Crippen molar-refractivity contribution in [2.24, 2.45) is 0 Å². The lowest BCUT2D eigenvalue weighted by Crippen LogP contribution is -2.34. The fourth-order valence-corrected chi connectivity index (χ4v) is 2.46. The Bertz CT molecular complexity index is 512. The second-order valence-electron chi connectivity index (χ2n) is 6.11. The van der Waals surface area contributed by atoms with Crippen LogP contribution in [-0.2, 0) is 0 Å². The van der Waals surface area contributed by atoms with Gasteiger partial charge in [-0.25, -0.2) is 8.78 Å². The molecule has 0 atom stereocenters. The number of rotatable bonds is 13. The summed E-state index contributed by atoms with van der Waals surface area (Å²) in [6.45, 7) is 4.63. The predicted molar refractivity (Wildman–Crippen MR) is 95.5 cm³/mol. The van der Waals surface area contributed by atoms with Crippen molar-refractivity contribution in [2.75, 3.05) is 13.2 Å². The molecule has 0 aromatic heterocycles. The summed E-state index contributed by atoms with van der Waals surface area (Å²) < 4.78 is 39.5. The number of hydrogen-bond donors (Lipinski definition) is 2. The van der Waals surface area contributed by atoms with Gasteiger partial charge in [-0.2, -0.15) is 0 Å². The van der Waals surface area contributed by atoms with Crippen LogP contribution in [-0.4, -0.2) is 30.4 Å². The van der Waals surface area contributed by atoms with E-state index in [2.05, 4.69) is 13.8 Å². The Labute approximate surface area is 149 Å². The number of unbranched alkanes of at least 4 members (excludes halogenated alkanes) is 6. The van der Waals surface area contributed by atoms with Gasteiger partial charge in [-0.1, -0.05) is 52.4 Å². The maximum absolute atomic E-state index is 14.5. The molecule has 1 aromatic rings. The van der Waals surface area contributed by atoms with E-state index in [-0.39, 0.29) is 24.7 Å². The molecule has 0 unspecified atom stereocenters. The van der Waals surface area contributed by atoms with E-state index in [4.69, 9.17) is 9.47 Å². The van der Waals surface area contributed by atoms with Gasteiger partial charge in [0.1, 0.15) is 0 Å². The Morgan fingerprint density at radius 1 is 0.840 bits per heavy atom. The van der Waals surface area contributed by atoms with Gasteiger partial charge in [-0.3, -0.25) is 0 Å². The van der Waals surface area contributed by atoms with Gasteiger partial charge in [-0.05, 0) is 18.9 Å². The lowest BCUT2D eigenvalue weighted by atomic mass is 9.79. The summed E-state index contributed by atoms with van der Waals surface area (Å²) in [5, 5.41) is 18.4. The minimum absolute atomic E-state index is 0.216. The Kier molecular flexibility index (Phi) is 10.5. The molecule has 142 valence electrons. The lowest BCUT2D eigenvalue weighted by Gasteiger charge is -2.16. The highest BCUT2D eigenvalue weighted by Crippen LogP contribution is 2.33. The minimum Gasteiger partial charge on any atom is -0.487 e. The zero-order valence-electron chi connectivity index (χ0n) is 15.2. The lowest BCUT2D eigenvalue weighted by molar-refractivity contribution is 0.240. The predicted octanol–water partition coefficient (Wildman–Crippen LogP) is 3.56. The van der Waals surface area contributed by atoms with Gasteiger partial charge in [-0.15, -0.1) is 0 Å². The number of ether oxygens (including phenoxy) is 2. The number of halogens is 2. The molecule has 0 saturated heterocycles. The fraction of sp³-hybridized carbons (Fsp3) is 0.667. The summed E-state index contributed by atoms with van der Waals surface area (Å²) in [4.78, 5) is 0. The maximum Gasteiger partial charge on any atom is 0.491 e. The number of benzene rings is 1. The van der Waals surface area contributed by atoms with Crippen LogP contribution in [0.25, 0.3) is 0 Å². The molecule has 0 aliphatic heterocycles. The minimum atomic E-state index is -2.12. The molecule has 1 aromatic carbocycles. The molecule has 0 radical (unpaired) electrons. The van der Waals surface area contributed by atoms with Crippen LogP contribution in [0, 0.1) is 11.6 Å². The molecule has 0 spiro atoms. The monoisotopic (exact) mass is 358 g/mol. The molecular weight excluding hydrogens is 329 g/mol. The largest absolute Gasteiger partial charge is 0.491 e. The van der Waals surface area contributed by atoms with Crippen molar-refractivity contribution < 1.29 is 28.3 Å². The zero-order chi connectivity index (χ0) is 18.7. The molecule has 0 aliphatic rings. The van der Waals surface area contributed by atoms with E-state index in [1.54, 1.807) is 0 Å². The molecule has 4 nitrogen and oxygen atoms in total. The summed E-state index contributed by atoms with van der Waals surface area (Å²) in [5.74, 6) is -2.53. The smallest absolute Gasteiger partial charge is 0.487 e. The highest BCUT2D eigenvalue weighted by Gasteiger charge is 2.27. The summed E-state index contributed by atoms with van der Waals surface area (Å²) in [7, 11) is -2.12. The SMILES string of the molecule is CCCCCCOc1c(F)cc(B(O)O)c(F)c1OCCCCCC. The Morgan fingerprint density at radius 2 is 1.36 bits per heavy atom. The van der Waals surface area contributed by atoms with Gasteiger partial charge in [0.25, 0.3) is 0 Å². The molecule has 0 bridgehead atoms. The molecule has 0 heterocycles. The molecule has 0 amide bonds. The van der Waals surface area contributed by atoms with E-state index in [1.807, 2.05) is 0 Å². The van der Waals surface area contributed by atoms with E-state index in [1.165, 1.54) is 0 Å². The van der Waals surface area contributed by atoms with Crippen LogP contribution < -0.4 is 14.9 Å². The average molecular weight is 358 g/mol. The van der Waals surface area contributed by atoms with Crippen molar-refractivity contribution in [3.8, 4) is 11.5 Å². The van der Waals surface area contributed by atoms with Crippen molar-refractivity contribution in [2.45, 2.75) is 65.2 Å². The molecule has 1 rings (SSSR count). The summed E-state index contributed by atoms with van der Waals surface area (Å²) in [6, 6.07) is 0.741. The van der Waals surface area contributed by atoms with E-state index < -0.39 is 24.2 Å². The normalized spacial score (nSPS) is 10.8. The highest BCUT2D eigenvalue weighted by atomic mass is 19.1. The van der Waals surface area contributed by atoms with E-state index in [0.717, 1.165) is 51.0 Å². The van der Waals surface area contributed by atoms with Crippen LogP contribution in [0.3, 0.4) is 0 Å². The van der Waals surface area contributed by atoms with Crippen LogP contribution in [0.5, 0.6) is 11.5 Å². The van der Waals surface area contributed by atoms with Crippen LogP contribution in [0.15, 0.2) is 6.07 Å². The van der Waals surface area contributed by atoms with Gasteiger partial charge >= 0.3 is 7.12 Å². The van der Waals surface area contributed by atoms with E-state index in [9.17, 15) is 18.8 Å². The summed E-state index contributed by atoms with van der Waals surface area (Å²) >= 11 is 0. The van der Waals surface area contributed by atoms with Crippen LogP contribution >= 0.6 is 0 Å². The Balaban J connectivity index is 2.85. The molecule has 7 heteroatoms. The van der Waals surface area contributed by atoms with Crippen molar-refractivity contribution in [3.05, 3.63) is 17.7 Å². The second kappa shape index (κ2) is 12.1. The maximum atomic E-state index is 14.5. The van der Waals surface area contributed by atoms with Crippen molar-refractivity contribution in [1.29, 1.82) is 0 Å². The summed E-state index contributed by atoms with van der Waals surface area (Å²) in [5.41, 5.74) is -0.556. The quantitative estimate of drug-likeness (QED) is 0.418. The van der Waals surface area contributed by atoms with Crippen LogP contribution in [0.4, 0.5) is 8.78 Å². The summed E-state index contributed by atoms with van der Waals surface area (Å²) in [6.07, 6.45) is 7.52. The van der Waals surface area contributed by atoms with Gasteiger partial charge < -0.3 is 19.5 Å². The third-order valence-corrected chi connectivity index (χ3v) is 3.92. The third kappa shape index (κ3) is 7.20. The molecule has 2 N–H and O–H groups in total. The standard InChI is InChI=1S/C18H29BF2O4/c1-3-5-7-9-11-24-17-15(20)13-14(19(22)23)16(21)18(17)25-12-10-8-6-4-2/h13,22-23H,3-12H2,1-2H3. The third-order valence-electron chi connectivity index (χ3n) is 3.92. The molecule has 0 saturated carbocycles. The molecule has 25 heavy (non-hydrogen) atoms. The molecule has 0 aliphatic carbocycles. The molecule has 0 fully saturated rings. The van der Waals surface area contributed by atoms with E-state index >= 15 is 0 Å². The van der Waals surface area contributed by atoms with Crippen molar-refractivity contribution >= 4 is 12.6 Å². The first-order valence-electron chi connectivity index (χ1n) is 9.16. The van der Waals surface area contributed by atoms with E-state index in [0.29, 0.717) is 6.42 Å². The van der Waals surface area contributed by atoms with Gasteiger partial charge in [0.15, 0.2) is 23.1 Å². The van der Waals surface area contributed by atoms with Crippen LogP contribution in [0.2, 0.25) is 0 Å². The Hall–Kier alpha value is -1.34.